The van der Waals surface area contributed by atoms with Gasteiger partial charge in [-0.2, -0.15) is 0 Å². The molecule has 1 aliphatic heterocycles. The van der Waals surface area contributed by atoms with E-state index in [9.17, 15) is 8.42 Å². The highest BCUT2D eigenvalue weighted by molar-refractivity contribution is 7.88. The van der Waals surface area contributed by atoms with Crippen LogP contribution in [0.25, 0.3) is 10.6 Å². The lowest BCUT2D eigenvalue weighted by molar-refractivity contribution is 0.265. The number of aromatic nitrogens is 3. The van der Waals surface area contributed by atoms with Crippen molar-refractivity contribution in [3.05, 3.63) is 29.3 Å². The van der Waals surface area contributed by atoms with Gasteiger partial charge < -0.3 is 0 Å². The first-order chi connectivity index (χ1) is 10.9. The van der Waals surface area contributed by atoms with E-state index in [0.29, 0.717) is 13.1 Å². The van der Waals surface area contributed by atoms with Crippen molar-refractivity contribution in [2.75, 3.05) is 19.3 Å². The number of rotatable bonds is 4. The van der Waals surface area contributed by atoms with E-state index in [1.54, 1.807) is 28.0 Å². The van der Waals surface area contributed by atoms with Crippen LogP contribution in [-0.4, -0.2) is 47.0 Å². The Hall–Kier alpha value is -1.38. The molecule has 0 N–H and O–H groups in total. The quantitative estimate of drug-likeness (QED) is 0.842. The average Bonchev–Trinajstić information content (AvgIpc) is 2.93. The summed E-state index contributed by atoms with van der Waals surface area (Å²) in [6.45, 7) is 3.16. The van der Waals surface area contributed by atoms with Gasteiger partial charge in [0.2, 0.25) is 10.0 Å². The van der Waals surface area contributed by atoms with E-state index in [1.807, 2.05) is 12.4 Å². The van der Waals surface area contributed by atoms with E-state index in [-0.39, 0.29) is 5.92 Å². The Kier molecular flexibility index (Phi) is 4.74. The van der Waals surface area contributed by atoms with Crippen LogP contribution < -0.4 is 0 Å². The van der Waals surface area contributed by atoms with E-state index in [2.05, 4.69) is 15.0 Å². The maximum absolute atomic E-state index is 11.8. The van der Waals surface area contributed by atoms with Crippen molar-refractivity contribution in [1.29, 1.82) is 0 Å². The van der Waals surface area contributed by atoms with Crippen molar-refractivity contribution in [2.45, 2.75) is 26.2 Å². The van der Waals surface area contributed by atoms with Crippen LogP contribution in [0.5, 0.6) is 0 Å². The van der Waals surface area contributed by atoms with Crippen LogP contribution in [0.2, 0.25) is 0 Å². The number of thiazole rings is 1. The zero-order valence-corrected chi connectivity index (χ0v) is 14.9. The summed E-state index contributed by atoms with van der Waals surface area (Å²) >= 11 is 1.56. The minimum atomic E-state index is -3.12. The molecule has 6 nitrogen and oxygen atoms in total. The van der Waals surface area contributed by atoms with Crippen LogP contribution in [0.3, 0.4) is 0 Å². The molecule has 0 aromatic carbocycles. The molecule has 0 spiro atoms. The monoisotopic (exact) mass is 352 g/mol. The minimum Gasteiger partial charge on any atom is -0.257 e. The standard InChI is InChI=1S/C15H20N4O2S2/c1-11-15(22-10-18-11)14-13(16-5-6-17-14)8-12-4-3-7-19(9-12)23(2,20)21/h5-6,10,12H,3-4,7-9H2,1-2H3. The highest BCUT2D eigenvalue weighted by Crippen LogP contribution is 2.30. The zero-order chi connectivity index (χ0) is 16.4. The fourth-order valence-electron chi connectivity index (χ4n) is 3.00. The van der Waals surface area contributed by atoms with Gasteiger partial charge in [0.25, 0.3) is 0 Å². The van der Waals surface area contributed by atoms with Gasteiger partial charge in [0.15, 0.2) is 0 Å². The van der Waals surface area contributed by atoms with Gasteiger partial charge in [-0.05, 0) is 32.1 Å². The highest BCUT2D eigenvalue weighted by Gasteiger charge is 2.27. The third-order valence-corrected chi connectivity index (χ3v) is 6.37. The first kappa shape index (κ1) is 16.5. The van der Waals surface area contributed by atoms with Crippen LogP contribution >= 0.6 is 11.3 Å². The van der Waals surface area contributed by atoms with Crippen molar-refractivity contribution in [3.8, 4) is 10.6 Å². The molecule has 1 unspecified atom stereocenters. The SMILES string of the molecule is Cc1ncsc1-c1nccnc1CC1CCCN(S(C)(=O)=O)C1. The summed E-state index contributed by atoms with van der Waals surface area (Å²) in [6.07, 6.45) is 7.33. The van der Waals surface area contributed by atoms with E-state index >= 15 is 0 Å². The number of hydrogen-bond donors (Lipinski definition) is 0. The molecule has 124 valence electrons. The maximum atomic E-state index is 11.8. The topological polar surface area (TPSA) is 76.1 Å². The van der Waals surface area contributed by atoms with Crippen LogP contribution in [0.1, 0.15) is 24.2 Å². The molecular formula is C15H20N4O2S2. The molecular weight excluding hydrogens is 332 g/mol. The number of piperidine rings is 1. The first-order valence-corrected chi connectivity index (χ1v) is 10.3. The smallest absolute Gasteiger partial charge is 0.211 e. The lowest BCUT2D eigenvalue weighted by Crippen LogP contribution is -2.39. The number of sulfonamides is 1. The van der Waals surface area contributed by atoms with Crippen LogP contribution in [0, 0.1) is 12.8 Å². The number of nitrogens with zero attached hydrogens (tertiary/aromatic N) is 4. The Morgan fingerprint density at radius 1 is 1.30 bits per heavy atom. The molecule has 0 bridgehead atoms. The Bertz CT molecular complexity index is 788. The molecule has 0 saturated carbocycles. The summed E-state index contributed by atoms with van der Waals surface area (Å²) in [6, 6.07) is 0. The van der Waals surface area contributed by atoms with Crippen molar-refractivity contribution in [3.63, 3.8) is 0 Å². The normalized spacial score (nSPS) is 19.8. The van der Waals surface area contributed by atoms with Crippen molar-refractivity contribution in [1.82, 2.24) is 19.3 Å². The molecule has 1 fully saturated rings. The second-order valence-electron chi connectivity index (χ2n) is 5.95. The van der Waals surface area contributed by atoms with Gasteiger partial charge in [0.05, 0.1) is 28.0 Å². The highest BCUT2D eigenvalue weighted by atomic mass is 32.2. The second-order valence-corrected chi connectivity index (χ2v) is 8.79. The molecule has 3 heterocycles. The second kappa shape index (κ2) is 6.62. The zero-order valence-electron chi connectivity index (χ0n) is 13.3. The van der Waals surface area contributed by atoms with Gasteiger partial charge in [-0.1, -0.05) is 0 Å². The molecule has 0 radical (unpaired) electrons. The first-order valence-electron chi connectivity index (χ1n) is 7.60. The van der Waals surface area contributed by atoms with Crippen LogP contribution in [0.4, 0.5) is 0 Å². The molecule has 3 rings (SSSR count). The summed E-state index contributed by atoms with van der Waals surface area (Å²) in [5.41, 5.74) is 4.58. The maximum Gasteiger partial charge on any atom is 0.211 e. The molecule has 0 amide bonds. The van der Waals surface area contributed by atoms with Crippen molar-refractivity contribution >= 4 is 21.4 Å². The minimum absolute atomic E-state index is 0.280. The van der Waals surface area contributed by atoms with Gasteiger partial charge >= 0.3 is 0 Å². The lowest BCUT2D eigenvalue weighted by Gasteiger charge is -2.30. The molecule has 1 saturated heterocycles. The molecule has 1 aliphatic rings. The van der Waals surface area contributed by atoms with Gasteiger partial charge in [-0.3, -0.25) is 9.97 Å². The largest absolute Gasteiger partial charge is 0.257 e. The van der Waals surface area contributed by atoms with Crippen LogP contribution in [-0.2, 0) is 16.4 Å². The molecule has 2 aromatic rings. The van der Waals surface area contributed by atoms with Gasteiger partial charge in [0, 0.05) is 25.5 Å². The predicted octanol–water partition coefficient (Wildman–Crippen LogP) is 2.12. The van der Waals surface area contributed by atoms with Crippen LogP contribution in [0.15, 0.2) is 17.9 Å². The molecule has 1 atom stereocenters. The Morgan fingerprint density at radius 3 is 2.78 bits per heavy atom. The number of hydrogen-bond acceptors (Lipinski definition) is 6. The summed E-state index contributed by atoms with van der Waals surface area (Å²) in [7, 11) is -3.12. The van der Waals surface area contributed by atoms with Gasteiger partial charge in [-0.25, -0.2) is 17.7 Å². The molecule has 2 aromatic heterocycles. The van der Waals surface area contributed by atoms with Crippen molar-refractivity contribution in [2.24, 2.45) is 5.92 Å². The van der Waals surface area contributed by atoms with Gasteiger partial charge in [0.1, 0.15) is 5.69 Å². The average molecular weight is 352 g/mol. The van der Waals surface area contributed by atoms with E-state index in [4.69, 9.17) is 0 Å². The van der Waals surface area contributed by atoms with E-state index in [1.165, 1.54) is 6.26 Å². The Labute approximate surface area is 140 Å². The molecule has 8 heteroatoms. The summed E-state index contributed by atoms with van der Waals surface area (Å²) < 4.78 is 25.1. The Balaban J connectivity index is 1.82. The third-order valence-electron chi connectivity index (χ3n) is 4.17. The predicted molar refractivity (Wildman–Crippen MR) is 90.7 cm³/mol. The summed E-state index contributed by atoms with van der Waals surface area (Å²) in [5, 5.41) is 0. The van der Waals surface area contributed by atoms with E-state index in [0.717, 1.165) is 41.2 Å². The fraction of sp³-hybridized carbons (Fsp3) is 0.533. The summed E-state index contributed by atoms with van der Waals surface area (Å²) in [4.78, 5) is 14.3. The van der Waals surface area contributed by atoms with E-state index < -0.39 is 10.0 Å². The Morgan fingerprint density at radius 2 is 2.09 bits per heavy atom. The number of aryl methyl sites for hydroxylation is 1. The third kappa shape index (κ3) is 3.76. The summed E-state index contributed by atoms with van der Waals surface area (Å²) in [5.74, 6) is 0.280. The fourth-order valence-corrected chi connectivity index (χ4v) is 4.77. The van der Waals surface area contributed by atoms with Gasteiger partial charge in [-0.15, -0.1) is 11.3 Å². The molecule has 0 aliphatic carbocycles. The lowest BCUT2D eigenvalue weighted by atomic mass is 9.93. The van der Waals surface area contributed by atoms with Crippen molar-refractivity contribution < 1.29 is 8.42 Å². The molecule has 23 heavy (non-hydrogen) atoms.